The zero-order valence-electron chi connectivity index (χ0n) is 9.77. The monoisotopic (exact) mass is 281 g/mol. The quantitative estimate of drug-likeness (QED) is 0.910. The highest BCUT2D eigenvalue weighted by molar-refractivity contribution is 7.16. The van der Waals surface area contributed by atoms with Crippen LogP contribution in [0, 0.1) is 0 Å². The number of hydrogen-bond acceptors (Lipinski definition) is 4. The van der Waals surface area contributed by atoms with E-state index in [1.807, 2.05) is 30.3 Å². The number of halogens is 1. The molecule has 3 rings (SSSR count). The van der Waals surface area contributed by atoms with E-state index in [1.54, 1.807) is 11.3 Å². The average molecular weight is 282 g/mol. The second-order valence-corrected chi connectivity index (χ2v) is 5.82. The Hall–Kier alpha value is -1.39. The van der Waals surface area contributed by atoms with E-state index in [2.05, 4.69) is 12.2 Å². The first kappa shape index (κ1) is 11.7. The summed E-state index contributed by atoms with van der Waals surface area (Å²) in [5.41, 5.74) is 1.01. The maximum Gasteiger partial charge on any atom is 0.231 e. The maximum atomic E-state index is 5.94. The molecule has 1 aromatic heterocycles. The molecule has 1 unspecified atom stereocenters. The van der Waals surface area contributed by atoms with Crippen molar-refractivity contribution >= 4 is 28.6 Å². The van der Waals surface area contributed by atoms with Crippen molar-refractivity contribution in [2.24, 2.45) is 0 Å². The highest BCUT2D eigenvalue weighted by atomic mass is 35.5. The summed E-state index contributed by atoms with van der Waals surface area (Å²) < 4.78 is 11.4. The van der Waals surface area contributed by atoms with Crippen molar-refractivity contribution in [3.63, 3.8) is 0 Å². The van der Waals surface area contributed by atoms with Gasteiger partial charge in [-0.1, -0.05) is 11.6 Å². The third kappa shape index (κ3) is 2.26. The predicted molar refractivity (Wildman–Crippen MR) is 73.9 cm³/mol. The van der Waals surface area contributed by atoms with Gasteiger partial charge in [0.2, 0.25) is 6.79 Å². The van der Waals surface area contributed by atoms with E-state index in [1.165, 1.54) is 4.88 Å². The highest BCUT2D eigenvalue weighted by Crippen LogP contribution is 2.36. The molecule has 0 bridgehead atoms. The average Bonchev–Trinajstić information content (AvgIpc) is 2.96. The summed E-state index contributed by atoms with van der Waals surface area (Å²) in [4.78, 5) is 1.21. The van der Waals surface area contributed by atoms with Crippen molar-refractivity contribution in [2.75, 3.05) is 12.1 Å². The number of ether oxygens (including phenoxy) is 2. The Morgan fingerprint density at radius 2 is 2.06 bits per heavy atom. The van der Waals surface area contributed by atoms with Crippen LogP contribution in [0.1, 0.15) is 17.8 Å². The van der Waals surface area contributed by atoms with E-state index in [4.69, 9.17) is 21.1 Å². The molecule has 1 aliphatic rings. The zero-order valence-corrected chi connectivity index (χ0v) is 11.3. The fraction of sp³-hybridized carbons (Fsp3) is 0.231. The van der Waals surface area contributed by atoms with Gasteiger partial charge in [-0.05, 0) is 31.2 Å². The summed E-state index contributed by atoms with van der Waals surface area (Å²) in [5, 5.41) is 3.42. The second kappa shape index (κ2) is 4.71. The normalized spacial score (nSPS) is 14.6. The molecule has 0 saturated heterocycles. The minimum absolute atomic E-state index is 0.211. The van der Waals surface area contributed by atoms with Crippen LogP contribution in [0.5, 0.6) is 11.5 Å². The number of anilines is 1. The van der Waals surface area contributed by atoms with Gasteiger partial charge in [-0.15, -0.1) is 11.3 Å². The van der Waals surface area contributed by atoms with E-state index in [9.17, 15) is 0 Å². The lowest BCUT2D eigenvalue weighted by molar-refractivity contribution is 0.174. The Morgan fingerprint density at radius 3 is 2.83 bits per heavy atom. The van der Waals surface area contributed by atoms with Crippen LogP contribution in [0.3, 0.4) is 0 Å². The largest absolute Gasteiger partial charge is 0.454 e. The van der Waals surface area contributed by atoms with E-state index in [-0.39, 0.29) is 6.04 Å². The van der Waals surface area contributed by atoms with Crippen molar-refractivity contribution < 1.29 is 9.47 Å². The van der Waals surface area contributed by atoms with Gasteiger partial charge in [0.15, 0.2) is 11.5 Å². The lowest BCUT2D eigenvalue weighted by atomic mass is 10.2. The summed E-state index contributed by atoms with van der Waals surface area (Å²) in [5.74, 6) is 1.59. The molecule has 0 fully saturated rings. The molecular weight excluding hydrogens is 270 g/mol. The molecule has 94 valence electrons. The molecule has 5 heteroatoms. The highest BCUT2D eigenvalue weighted by Gasteiger charge is 2.14. The zero-order chi connectivity index (χ0) is 12.5. The number of benzene rings is 1. The van der Waals surface area contributed by atoms with Crippen molar-refractivity contribution in [1.82, 2.24) is 0 Å². The minimum atomic E-state index is 0.211. The van der Waals surface area contributed by atoms with Gasteiger partial charge in [0.05, 0.1) is 10.4 Å². The summed E-state index contributed by atoms with van der Waals surface area (Å²) in [6.45, 7) is 2.40. The van der Waals surface area contributed by atoms with Gasteiger partial charge in [-0.3, -0.25) is 0 Å². The summed E-state index contributed by atoms with van der Waals surface area (Å²) in [6.07, 6.45) is 0. The van der Waals surface area contributed by atoms with Crippen LogP contribution in [0.4, 0.5) is 5.69 Å². The van der Waals surface area contributed by atoms with Crippen LogP contribution < -0.4 is 14.8 Å². The molecule has 3 nitrogen and oxygen atoms in total. The van der Waals surface area contributed by atoms with Crippen LogP contribution in [0.15, 0.2) is 30.3 Å². The first-order valence-corrected chi connectivity index (χ1v) is 6.83. The summed E-state index contributed by atoms with van der Waals surface area (Å²) in [7, 11) is 0. The first-order chi connectivity index (χ1) is 8.72. The van der Waals surface area contributed by atoms with E-state index in [0.29, 0.717) is 6.79 Å². The molecule has 18 heavy (non-hydrogen) atoms. The maximum absolute atomic E-state index is 5.94. The fourth-order valence-corrected chi connectivity index (χ4v) is 2.93. The van der Waals surface area contributed by atoms with Crippen molar-refractivity contribution in [3.8, 4) is 11.5 Å². The third-order valence-corrected chi connectivity index (χ3v) is 4.19. The van der Waals surface area contributed by atoms with Crippen molar-refractivity contribution in [2.45, 2.75) is 13.0 Å². The number of fused-ring (bicyclic) bond motifs is 1. The molecule has 0 spiro atoms. The molecule has 1 aromatic carbocycles. The molecule has 2 aromatic rings. The molecule has 1 N–H and O–H groups in total. The van der Waals surface area contributed by atoms with Gasteiger partial charge in [0.25, 0.3) is 0 Å². The van der Waals surface area contributed by atoms with E-state index in [0.717, 1.165) is 21.5 Å². The molecule has 2 heterocycles. The predicted octanol–water partition coefficient (Wildman–Crippen LogP) is 4.30. The molecule has 1 aliphatic heterocycles. The minimum Gasteiger partial charge on any atom is -0.454 e. The van der Waals surface area contributed by atoms with Crippen LogP contribution in [0.2, 0.25) is 4.34 Å². The molecule has 0 radical (unpaired) electrons. The number of nitrogens with one attached hydrogen (secondary N) is 1. The Labute approximate surface area is 114 Å². The molecular formula is C13H12ClNO2S. The SMILES string of the molecule is CC(Nc1ccc2c(c1)OCO2)c1ccc(Cl)s1. The number of rotatable bonds is 3. The smallest absolute Gasteiger partial charge is 0.231 e. The van der Waals surface area contributed by atoms with E-state index >= 15 is 0 Å². The van der Waals surface area contributed by atoms with Crippen LogP contribution in [0.25, 0.3) is 0 Å². The Morgan fingerprint density at radius 1 is 1.22 bits per heavy atom. The van der Waals surface area contributed by atoms with Crippen LogP contribution in [-0.4, -0.2) is 6.79 Å². The standard InChI is InChI=1S/C13H12ClNO2S/c1-8(12-4-5-13(14)18-12)15-9-2-3-10-11(6-9)17-7-16-10/h2-6,8,15H,7H2,1H3. The lowest BCUT2D eigenvalue weighted by Gasteiger charge is -2.13. The van der Waals surface area contributed by atoms with Crippen LogP contribution in [-0.2, 0) is 0 Å². The molecule has 0 saturated carbocycles. The summed E-state index contributed by atoms with van der Waals surface area (Å²) in [6, 6.07) is 10.0. The van der Waals surface area contributed by atoms with Gasteiger partial charge in [0.1, 0.15) is 0 Å². The topological polar surface area (TPSA) is 30.5 Å². The van der Waals surface area contributed by atoms with Gasteiger partial charge >= 0.3 is 0 Å². The van der Waals surface area contributed by atoms with Crippen molar-refractivity contribution in [1.29, 1.82) is 0 Å². The van der Waals surface area contributed by atoms with Gasteiger partial charge in [0, 0.05) is 16.6 Å². The first-order valence-electron chi connectivity index (χ1n) is 5.64. The van der Waals surface area contributed by atoms with Gasteiger partial charge in [-0.2, -0.15) is 0 Å². The number of thiophene rings is 1. The Balaban J connectivity index is 1.76. The van der Waals surface area contributed by atoms with Gasteiger partial charge < -0.3 is 14.8 Å². The molecule has 1 atom stereocenters. The third-order valence-electron chi connectivity index (χ3n) is 2.78. The lowest BCUT2D eigenvalue weighted by Crippen LogP contribution is -2.04. The Kier molecular flexibility index (Phi) is 3.06. The molecule has 0 aliphatic carbocycles. The summed E-state index contributed by atoms with van der Waals surface area (Å²) >= 11 is 7.53. The fourth-order valence-electron chi connectivity index (χ4n) is 1.87. The number of hydrogen-bond donors (Lipinski definition) is 1. The molecule has 0 amide bonds. The van der Waals surface area contributed by atoms with E-state index < -0.39 is 0 Å². The van der Waals surface area contributed by atoms with Crippen LogP contribution >= 0.6 is 22.9 Å². The van der Waals surface area contributed by atoms with Gasteiger partial charge in [-0.25, -0.2) is 0 Å². The second-order valence-electron chi connectivity index (χ2n) is 4.08. The Bertz CT molecular complexity index is 570. The van der Waals surface area contributed by atoms with Crippen molar-refractivity contribution in [3.05, 3.63) is 39.5 Å².